The van der Waals surface area contributed by atoms with Crippen molar-refractivity contribution in [3.8, 4) is 11.1 Å². The van der Waals surface area contributed by atoms with Gasteiger partial charge in [0.2, 0.25) is 12.3 Å². The Morgan fingerprint density at radius 1 is 1.03 bits per heavy atom. The van der Waals surface area contributed by atoms with Crippen molar-refractivity contribution in [3.63, 3.8) is 0 Å². The quantitative estimate of drug-likeness (QED) is 0.480. The zero-order valence-corrected chi connectivity index (χ0v) is 19.7. The number of carbonyl (C=O) groups excluding carboxylic acids is 2. The number of ether oxygens (including phenoxy) is 1. The van der Waals surface area contributed by atoms with Crippen LogP contribution in [0.1, 0.15) is 50.2 Å². The van der Waals surface area contributed by atoms with Crippen molar-refractivity contribution in [2.75, 3.05) is 13.2 Å². The van der Waals surface area contributed by atoms with Crippen LogP contribution in [-0.4, -0.2) is 59.6 Å². The van der Waals surface area contributed by atoms with Crippen LogP contribution in [0, 0.1) is 0 Å². The Bertz CT molecular complexity index is 1010. The number of alkyl carbamates (subject to hydrolysis) is 1. The number of benzene rings is 2. The first-order valence-corrected chi connectivity index (χ1v) is 11.6. The Morgan fingerprint density at radius 3 is 2.11 bits per heavy atom. The van der Waals surface area contributed by atoms with Gasteiger partial charge in [-0.05, 0) is 42.5 Å². The molecule has 0 saturated heterocycles. The molecule has 1 unspecified atom stereocenters. The van der Waals surface area contributed by atoms with Crippen molar-refractivity contribution in [2.45, 2.75) is 57.5 Å². The minimum Gasteiger partial charge on any atom is -0.481 e. The molecule has 1 atom stereocenters. The molecule has 2 aromatic carbocycles. The summed E-state index contributed by atoms with van der Waals surface area (Å²) in [7, 11) is 0. The zero-order chi connectivity index (χ0) is 25.5. The third-order valence-electron chi connectivity index (χ3n) is 6.04. The van der Waals surface area contributed by atoms with E-state index < -0.39 is 36.9 Å². The predicted octanol–water partition coefficient (Wildman–Crippen LogP) is 4.65. The first kappa shape index (κ1) is 26.1. The lowest BCUT2D eigenvalue weighted by Crippen LogP contribution is -2.52. The summed E-state index contributed by atoms with van der Waals surface area (Å²) >= 11 is 0. The number of carboxylic acids is 1. The fourth-order valence-electron chi connectivity index (χ4n) is 4.41. The number of hydrogen-bond donors (Lipinski definition) is 2. The van der Waals surface area contributed by atoms with E-state index in [0.29, 0.717) is 0 Å². The van der Waals surface area contributed by atoms with Crippen molar-refractivity contribution in [3.05, 3.63) is 59.7 Å². The van der Waals surface area contributed by atoms with Crippen molar-refractivity contribution < 1.29 is 33.0 Å². The highest BCUT2D eigenvalue weighted by Crippen LogP contribution is 2.44. The molecule has 0 aliphatic heterocycles. The van der Waals surface area contributed by atoms with E-state index in [2.05, 4.69) is 5.32 Å². The monoisotopic (exact) mass is 488 g/mol. The van der Waals surface area contributed by atoms with E-state index in [4.69, 9.17) is 9.84 Å². The standard InChI is InChI=1S/C26H30F2N2O5/c1-16(2)30(13-7-12-24(31)32)25(33)22(14-23(27)28)29-26(34)35-15-21-19-10-5-3-8-17(19)18-9-4-6-11-20(18)21/h3-6,8-11,16,21-23H,7,12-15H2,1-2H3,(H,29,34)(H,31,32). The molecule has 3 rings (SSSR count). The van der Waals surface area contributed by atoms with Crippen LogP contribution in [0.15, 0.2) is 48.5 Å². The molecule has 2 aromatic rings. The number of fused-ring (bicyclic) bond motifs is 3. The normalized spacial score (nSPS) is 13.3. The second-order valence-corrected chi connectivity index (χ2v) is 8.77. The molecule has 35 heavy (non-hydrogen) atoms. The predicted molar refractivity (Wildman–Crippen MR) is 126 cm³/mol. The van der Waals surface area contributed by atoms with Crippen LogP contribution in [-0.2, 0) is 14.3 Å². The molecule has 188 valence electrons. The smallest absolute Gasteiger partial charge is 0.407 e. The third kappa shape index (κ3) is 6.55. The van der Waals surface area contributed by atoms with Crippen LogP contribution in [0.5, 0.6) is 0 Å². The summed E-state index contributed by atoms with van der Waals surface area (Å²) in [5.74, 6) is -1.91. The lowest BCUT2D eigenvalue weighted by molar-refractivity contribution is -0.139. The zero-order valence-electron chi connectivity index (χ0n) is 19.7. The van der Waals surface area contributed by atoms with E-state index >= 15 is 0 Å². The van der Waals surface area contributed by atoms with Gasteiger partial charge in [0.25, 0.3) is 0 Å². The first-order valence-electron chi connectivity index (χ1n) is 11.6. The molecule has 0 aromatic heterocycles. The maximum atomic E-state index is 13.2. The molecule has 0 spiro atoms. The molecule has 2 N–H and O–H groups in total. The van der Waals surface area contributed by atoms with Gasteiger partial charge in [-0.1, -0.05) is 48.5 Å². The van der Waals surface area contributed by atoms with Crippen molar-refractivity contribution in [1.82, 2.24) is 10.2 Å². The maximum Gasteiger partial charge on any atom is 0.407 e. The van der Waals surface area contributed by atoms with E-state index in [1.54, 1.807) is 13.8 Å². The fourth-order valence-corrected chi connectivity index (χ4v) is 4.41. The summed E-state index contributed by atoms with van der Waals surface area (Å²) < 4.78 is 31.9. The lowest BCUT2D eigenvalue weighted by atomic mass is 9.98. The molecule has 0 saturated carbocycles. The van der Waals surface area contributed by atoms with Gasteiger partial charge in [-0.3, -0.25) is 9.59 Å². The van der Waals surface area contributed by atoms with Crippen LogP contribution in [0.25, 0.3) is 11.1 Å². The van der Waals surface area contributed by atoms with Gasteiger partial charge in [-0.15, -0.1) is 0 Å². The number of nitrogens with zero attached hydrogens (tertiary/aromatic N) is 1. The van der Waals surface area contributed by atoms with Gasteiger partial charge >= 0.3 is 12.1 Å². The number of carboxylic acid groups (broad SMARTS) is 1. The van der Waals surface area contributed by atoms with Gasteiger partial charge < -0.3 is 20.1 Å². The van der Waals surface area contributed by atoms with Crippen molar-refractivity contribution >= 4 is 18.0 Å². The van der Waals surface area contributed by atoms with Crippen LogP contribution in [0.2, 0.25) is 0 Å². The Balaban J connectivity index is 1.68. The fraction of sp³-hybridized carbons (Fsp3) is 0.423. The molecule has 1 aliphatic carbocycles. The van der Waals surface area contributed by atoms with E-state index in [1.165, 1.54) is 4.90 Å². The highest BCUT2D eigenvalue weighted by atomic mass is 19.3. The van der Waals surface area contributed by atoms with Crippen LogP contribution < -0.4 is 5.32 Å². The Morgan fingerprint density at radius 2 is 1.60 bits per heavy atom. The summed E-state index contributed by atoms with van der Waals surface area (Å²) in [4.78, 5) is 37.7. The summed E-state index contributed by atoms with van der Waals surface area (Å²) in [6, 6.07) is 13.7. The average Bonchev–Trinajstić information content (AvgIpc) is 3.13. The molecule has 9 heteroatoms. The van der Waals surface area contributed by atoms with Gasteiger partial charge in [-0.2, -0.15) is 0 Å². The number of rotatable bonds is 11. The minimum atomic E-state index is -2.83. The SMILES string of the molecule is CC(C)N(CCCC(=O)O)C(=O)C(CC(F)F)NC(=O)OCC1c2ccccc2-c2ccccc21. The van der Waals surface area contributed by atoms with Gasteiger partial charge in [-0.25, -0.2) is 13.6 Å². The average molecular weight is 489 g/mol. The summed E-state index contributed by atoms with van der Waals surface area (Å²) in [5, 5.41) is 11.2. The van der Waals surface area contributed by atoms with E-state index in [-0.39, 0.29) is 38.0 Å². The molecule has 7 nitrogen and oxygen atoms in total. The molecule has 0 fully saturated rings. The number of aliphatic carboxylic acids is 1. The van der Waals surface area contributed by atoms with Crippen molar-refractivity contribution in [2.24, 2.45) is 0 Å². The number of halogens is 2. The topological polar surface area (TPSA) is 95.9 Å². The summed E-state index contributed by atoms with van der Waals surface area (Å²) in [5.41, 5.74) is 4.12. The molecule has 2 amide bonds. The van der Waals surface area contributed by atoms with Crippen LogP contribution in [0.4, 0.5) is 13.6 Å². The number of carbonyl (C=O) groups is 3. The number of alkyl halides is 2. The summed E-state index contributed by atoms with van der Waals surface area (Å²) in [6.07, 6.45) is -4.64. The highest BCUT2D eigenvalue weighted by molar-refractivity contribution is 5.86. The molecule has 0 radical (unpaired) electrons. The molecule has 0 bridgehead atoms. The molecular formula is C26H30F2N2O5. The maximum absolute atomic E-state index is 13.2. The van der Waals surface area contributed by atoms with Gasteiger partial charge in [0.05, 0.1) is 0 Å². The van der Waals surface area contributed by atoms with E-state index in [1.807, 2.05) is 48.5 Å². The number of nitrogens with one attached hydrogen (secondary N) is 1. The first-order chi connectivity index (χ1) is 16.7. The minimum absolute atomic E-state index is 0.0119. The van der Waals surface area contributed by atoms with Gasteiger partial charge in [0, 0.05) is 31.3 Å². The number of amides is 2. The van der Waals surface area contributed by atoms with E-state index in [0.717, 1.165) is 22.3 Å². The van der Waals surface area contributed by atoms with Crippen molar-refractivity contribution in [1.29, 1.82) is 0 Å². The summed E-state index contributed by atoms with van der Waals surface area (Å²) in [6.45, 7) is 3.47. The largest absolute Gasteiger partial charge is 0.481 e. The Kier molecular flexibility index (Phi) is 8.78. The highest BCUT2D eigenvalue weighted by Gasteiger charge is 2.32. The molecular weight excluding hydrogens is 458 g/mol. The van der Waals surface area contributed by atoms with Gasteiger partial charge in [0.15, 0.2) is 0 Å². The lowest BCUT2D eigenvalue weighted by Gasteiger charge is -2.31. The van der Waals surface area contributed by atoms with Gasteiger partial charge in [0.1, 0.15) is 12.6 Å². The second-order valence-electron chi connectivity index (χ2n) is 8.77. The second kappa shape index (κ2) is 11.8. The van der Waals surface area contributed by atoms with E-state index in [9.17, 15) is 23.2 Å². The third-order valence-corrected chi connectivity index (χ3v) is 6.04. The molecule has 1 aliphatic rings. The number of hydrogen-bond acceptors (Lipinski definition) is 4. The van der Waals surface area contributed by atoms with Crippen LogP contribution in [0.3, 0.4) is 0 Å². The Labute approximate surface area is 203 Å². The molecule has 0 heterocycles. The Hall–Kier alpha value is -3.49. The van der Waals surface area contributed by atoms with Crippen LogP contribution >= 0.6 is 0 Å².